The summed E-state index contributed by atoms with van der Waals surface area (Å²) in [5.74, 6) is -2.08. The summed E-state index contributed by atoms with van der Waals surface area (Å²) in [5, 5.41) is 22.1. The van der Waals surface area contributed by atoms with Crippen LogP contribution in [0.1, 0.15) is 28.6 Å². The molecule has 1 aromatic heterocycles. The van der Waals surface area contributed by atoms with Crippen molar-refractivity contribution in [2.24, 2.45) is 0 Å². The number of nitrogens with zero attached hydrogens (tertiary/aromatic N) is 2. The Morgan fingerprint density at radius 3 is 2.48 bits per heavy atom. The molecule has 6 nitrogen and oxygen atoms in total. The lowest BCUT2D eigenvalue weighted by Crippen LogP contribution is -2.29. The first-order chi connectivity index (χ1) is 15.7. The van der Waals surface area contributed by atoms with Gasteiger partial charge in [0, 0.05) is 23.6 Å². The van der Waals surface area contributed by atoms with Crippen molar-refractivity contribution in [3.05, 3.63) is 88.3 Å². The summed E-state index contributed by atoms with van der Waals surface area (Å²) >= 11 is 0. The van der Waals surface area contributed by atoms with Gasteiger partial charge in [-0.05, 0) is 73.5 Å². The number of methoxy groups -OCH3 is 1. The number of halogens is 2. The van der Waals surface area contributed by atoms with Crippen LogP contribution in [-0.4, -0.2) is 29.2 Å². The molecule has 0 bridgehead atoms. The molecule has 0 radical (unpaired) electrons. The van der Waals surface area contributed by atoms with Crippen molar-refractivity contribution in [1.82, 2.24) is 9.88 Å². The highest BCUT2D eigenvalue weighted by molar-refractivity contribution is 6.01. The summed E-state index contributed by atoms with van der Waals surface area (Å²) in [4.78, 5) is 12.5. The number of carbonyl (C=O) groups excluding carboxylic acids is 1. The number of ether oxygens (including phenoxy) is 1. The Kier molecular flexibility index (Phi) is 7.26. The first-order valence-electron chi connectivity index (χ1n) is 10.1. The number of nitriles is 1. The Bertz CT molecular complexity index is 1240. The van der Waals surface area contributed by atoms with Gasteiger partial charge in [0.25, 0.3) is 5.91 Å². The number of benzene rings is 2. The number of aryl methyl sites for hydroxylation is 1. The minimum absolute atomic E-state index is 0.111. The van der Waals surface area contributed by atoms with Crippen molar-refractivity contribution in [3.63, 3.8) is 0 Å². The molecule has 1 amide bonds. The minimum Gasteiger partial charge on any atom is -0.497 e. The summed E-state index contributed by atoms with van der Waals surface area (Å²) in [5.41, 5.74) is 3.30. The van der Waals surface area contributed by atoms with Gasteiger partial charge in [0.1, 0.15) is 17.4 Å². The van der Waals surface area contributed by atoms with E-state index in [1.54, 1.807) is 7.11 Å². The van der Waals surface area contributed by atoms with E-state index in [0.717, 1.165) is 35.0 Å². The second kappa shape index (κ2) is 10.1. The van der Waals surface area contributed by atoms with E-state index in [4.69, 9.17) is 4.74 Å². The number of aliphatic hydroxyl groups excluding tert-OH is 1. The summed E-state index contributed by atoms with van der Waals surface area (Å²) in [6.45, 7) is 3.52. The molecule has 0 unspecified atom stereocenters. The minimum atomic E-state index is -1.26. The van der Waals surface area contributed by atoms with Crippen molar-refractivity contribution < 1.29 is 23.4 Å². The second-order valence-corrected chi connectivity index (χ2v) is 7.43. The van der Waals surface area contributed by atoms with Gasteiger partial charge < -0.3 is 19.7 Å². The van der Waals surface area contributed by atoms with Gasteiger partial charge in [-0.1, -0.05) is 6.07 Å². The van der Waals surface area contributed by atoms with Gasteiger partial charge >= 0.3 is 0 Å². The van der Waals surface area contributed by atoms with E-state index in [-0.39, 0.29) is 17.7 Å². The molecule has 0 spiro atoms. The maximum Gasteiger partial charge on any atom is 0.262 e. The third-order valence-electron chi connectivity index (χ3n) is 5.25. The Morgan fingerprint density at radius 1 is 1.18 bits per heavy atom. The van der Waals surface area contributed by atoms with Crippen LogP contribution in [0.5, 0.6) is 5.75 Å². The zero-order chi connectivity index (χ0) is 24.1. The van der Waals surface area contributed by atoms with E-state index in [1.807, 2.05) is 54.8 Å². The van der Waals surface area contributed by atoms with Crippen LogP contribution in [0.4, 0.5) is 8.78 Å². The molecule has 2 aromatic carbocycles. The molecule has 0 saturated heterocycles. The van der Waals surface area contributed by atoms with Crippen LogP contribution in [0.25, 0.3) is 11.8 Å². The van der Waals surface area contributed by atoms with Crippen molar-refractivity contribution in [1.29, 1.82) is 5.26 Å². The predicted octanol–water partition coefficient (Wildman–Crippen LogP) is 4.14. The third-order valence-corrected chi connectivity index (χ3v) is 5.25. The van der Waals surface area contributed by atoms with Crippen molar-refractivity contribution in [2.75, 3.05) is 13.7 Å². The average Bonchev–Trinajstić information content (AvgIpc) is 3.09. The van der Waals surface area contributed by atoms with Crippen LogP contribution in [0, 0.1) is 36.8 Å². The maximum absolute atomic E-state index is 13.4. The Morgan fingerprint density at radius 2 is 1.88 bits per heavy atom. The lowest BCUT2D eigenvalue weighted by Gasteiger charge is -2.12. The summed E-state index contributed by atoms with van der Waals surface area (Å²) in [6, 6.07) is 14.2. The smallest absolute Gasteiger partial charge is 0.262 e. The summed E-state index contributed by atoms with van der Waals surface area (Å²) in [6.07, 6.45) is 0.214. The molecule has 1 atom stereocenters. The quantitative estimate of drug-likeness (QED) is 0.418. The van der Waals surface area contributed by atoms with Gasteiger partial charge in [-0.3, -0.25) is 4.79 Å². The summed E-state index contributed by atoms with van der Waals surface area (Å²) < 4.78 is 33.6. The van der Waals surface area contributed by atoms with Crippen LogP contribution in [0.2, 0.25) is 0 Å². The number of nitrogens with one attached hydrogen (secondary N) is 1. The Balaban J connectivity index is 1.77. The molecular weight excluding hydrogens is 428 g/mol. The first kappa shape index (κ1) is 23.7. The lowest BCUT2D eigenvalue weighted by molar-refractivity contribution is -0.117. The Hall–Kier alpha value is -3.96. The molecule has 8 heteroatoms. The fourth-order valence-corrected chi connectivity index (χ4v) is 3.49. The predicted molar refractivity (Wildman–Crippen MR) is 120 cm³/mol. The van der Waals surface area contributed by atoms with Gasteiger partial charge in [0.15, 0.2) is 11.6 Å². The van der Waals surface area contributed by atoms with Crippen LogP contribution in [-0.2, 0) is 4.79 Å². The number of amides is 1. The van der Waals surface area contributed by atoms with E-state index >= 15 is 0 Å². The van der Waals surface area contributed by atoms with Crippen LogP contribution in [0.15, 0.2) is 54.1 Å². The van der Waals surface area contributed by atoms with E-state index < -0.39 is 23.6 Å². The fraction of sp³-hybridized carbons (Fsp3) is 0.200. The number of rotatable bonds is 7. The average molecular weight is 451 g/mol. The SMILES string of the molecule is COc1ccc(-n2c(C)cc(/C=C(/C#N)C(=O)NC[C@@H](O)c3ccc(F)c(F)c3)c2C)cc1. The zero-order valence-electron chi connectivity index (χ0n) is 18.4. The Labute approximate surface area is 190 Å². The number of aromatic nitrogens is 1. The van der Waals surface area contributed by atoms with Crippen LogP contribution in [0.3, 0.4) is 0 Å². The number of aliphatic hydroxyl groups is 1. The first-order valence-corrected chi connectivity index (χ1v) is 10.1. The van der Waals surface area contributed by atoms with Crippen molar-refractivity contribution >= 4 is 12.0 Å². The highest BCUT2D eigenvalue weighted by atomic mass is 19.2. The van der Waals surface area contributed by atoms with Gasteiger partial charge in [-0.25, -0.2) is 8.78 Å². The van der Waals surface area contributed by atoms with E-state index in [2.05, 4.69) is 5.32 Å². The monoisotopic (exact) mass is 451 g/mol. The molecule has 3 aromatic rings. The lowest BCUT2D eigenvalue weighted by atomic mass is 10.1. The van der Waals surface area contributed by atoms with E-state index in [9.17, 15) is 23.9 Å². The molecule has 0 aliphatic heterocycles. The molecular formula is C25H23F2N3O3. The van der Waals surface area contributed by atoms with E-state index in [1.165, 1.54) is 12.1 Å². The fourth-order valence-electron chi connectivity index (χ4n) is 3.49. The largest absolute Gasteiger partial charge is 0.497 e. The summed E-state index contributed by atoms with van der Waals surface area (Å²) in [7, 11) is 1.59. The molecule has 170 valence electrons. The maximum atomic E-state index is 13.4. The number of carbonyl (C=O) groups is 1. The number of hydrogen-bond donors (Lipinski definition) is 2. The van der Waals surface area contributed by atoms with Crippen molar-refractivity contribution in [3.8, 4) is 17.5 Å². The van der Waals surface area contributed by atoms with Gasteiger partial charge in [-0.2, -0.15) is 5.26 Å². The topological polar surface area (TPSA) is 87.3 Å². The molecule has 3 rings (SSSR count). The molecule has 0 fully saturated rings. The molecule has 1 heterocycles. The van der Waals surface area contributed by atoms with Crippen molar-refractivity contribution in [2.45, 2.75) is 20.0 Å². The van der Waals surface area contributed by atoms with Gasteiger partial charge in [-0.15, -0.1) is 0 Å². The molecule has 0 aliphatic carbocycles. The highest BCUT2D eigenvalue weighted by Crippen LogP contribution is 2.24. The standard InChI is InChI=1S/C25H23F2N3O3/c1-15-10-18(16(2)30(15)20-5-7-21(33-3)8-6-20)11-19(13-28)25(32)29-14-24(31)17-4-9-22(26)23(27)12-17/h4-12,24,31H,14H2,1-3H3,(H,29,32)/b19-11-/t24-/m1/s1. The molecule has 2 N–H and O–H groups in total. The zero-order valence-corrected chi connectivity index (χ0v) is 18.4. The highest BCUT2D eigenvalue weighted by Gasteiger charge is 2.16. The normalized spacial score (nSPS) is 12.2. The van der Waals surface area contributed by atoms with Gasteiger partial charge in [0.2, 0.25) is 0 Å². The van der Waals surface area contributed by atoms with Gasteiger partial charge in [0.05, 0.1) is 13.2 Å². The number of hydrogen-bond acceptors (Lipinski definition) is 4. The van der Waals surface area contributed by atoms with Crippen LogP contribution < -0.4 is 10.1 Å². The molecule has 0 aliphatic rings. The third kappa shape index (κ3) is 5.27. The second-order valence-electron chi connectivity index (χ2n) is 7.43. The molecule has 0 saturated carbocycles. The van der Waals surface area contributed by atoms with Crippen LogP contribution >= 0.6 is 0 Å². The molecule has 33 heavy (non-hydrogen) atoms. The van der Waals surface area contributed by atoms with E-state index in [0.29, 0.717) is 5.56 Å².